The molecular weight excluding hydrogens is 316 g/mol. The topological polar surface area (TPSA) is 78.6 Å². The van der Waals surface area contributed by atoms with E-state index in [9.17, 15) is 4.79 Å². The second kappa shape index (κ2) is 6.44. The fourth-order valence-corrected chi connectivity index (χ4v) is 4.23. The number of carbonyl (C=O) groups excluding carboxylic acids is 1. The summed E-state index contributed by atoms with van der Waals surface area (Å²) in [5.74, 6) is 2.30. The normalized spacial score (nSPS) is 28.4. The number of rotatable bonds is 3. The van der Waals surface area contributed by atoms with Gasteiger partial charge in [0.15, 0.2) is 0 Å². The van der Waals surface area contributed by atoms with Crippen LogP contribution in [0.25, 0.3) is 0 Å². The van der Waals surface area contributed by atoms with Crippen molar-refractivity contribution in [1.29, 1.82) is 0 Å². The van der Waals surface area contributed by atoms with Crippen molar-refractivity contribution in [2.24, 2.45) is 5.92 Å². The largest absolute Gasteiger partial charge is 0.368 e. The van der Waals surface area contributed by atoms with Gasteiger partial charge in [-0.3, -0.25) is 9.69 Å². The molecule has 7 nitrogen and oxygen atoms in total. The predicted octanol–water partition coefficient (Wildman–Crippen LogP) is 0.972. The zero-order valence-electron chi connectivity index (χ0n) is 15.0. The van der Waals surface area contributed by atoms with Gasteiger partial charge in [0.05, 0.1) is 0 Å². The Labute approximate surface area is 149 Å². The van der Waals surface area contributed by atoms with E-state index in [-0.39, 0.29) is 5.54 Å². The number of amides is 1. The van der Waals surface area contributed by atoms with Gasteiger partial charge in [-0.05, 0) is 44.7 Å². The summed E-state index contributed by atoms with van der Waals surface area (Å²) in [4.78, 5) is 27.8. The number of hydrogen-bond donors (Lipinski definition) is 1. The zero-order valence-corrected chi connectivity index (χ0v) is 15.0. The summed E-state index contributed by atoms with van der Waals surface area (Å²) < 4.78 is 0. The summed E-state index contributed by atoms with van der Waals surface area (Å²) in [6, 6.07) is 1.93. The Morgan fingerprint density at radius 1 is 1.28 bits per heavy atom. The van der Waals surface area contributed by atoms with Crippen LogP contribution in [0.4, 0.5) is 11.8 Å². The number of likely N-dealkylation sites (tertiary alicyclic amines) is 1. The standard InChI is InChI=1S/C18H28N6O/c1-22-10-11-24(15-5-8-20-17(19)21-15)13-18(22)6-4-16(25)23(9-7-18)12-14-2-3-14/h5,8,14H,2-4,6-7,9-13H2,1H3,(H2,19,20,21)/t18-/m1/s1. The molecule has 3 heterocycles. The Morgan fingerprint density at radius 3 is 2.88 bits per heavy atom. The highest BCUT2D eigenvalue weighted by atomic mass is 16.2. The summed E-state index contributed by atoms with van der Waals surface area (Å²) in [6.07, 6.45) is 6.89. The molecule has 0 radical (unpaired) electrons. The van der Waals surface area contributed by atoms with Gasteiger partial charge in [0.1, 0.15) is 5.82 Å². The quantitative estimate of drug-likeness (QED) is 0.880. The van der Waals surface area contributed by atoms with E-state index in [1.54, 1.807) is 6.20 Å². The number of piperazine rings is 1. The third-order valence-corrected chi connectivity index (χ3v) is 6.16. The number of carbonyl (C=O) groups is 1. The van der Waals surface area contributed by atoms with Crippen molar-refractivity contribution in [2.75, 3.05) is 50.4 Å². The molecule has 1 spiro atoms. The number of anilines is 2. The zero-order chi connectivity index (χ0) is 17.4. The minimum atomic E-state index is 0.0337. The Balaban J connectivity index is 1.51. The average Bonchev–Trinajstić information content (AvgIpc) is 3.43. The fraction of sp³-hybridized carbons (Fsp3) is 0.722. The molecule has 4 rings (SSSR count). The molecule has 1 aliphatic carbocycles. The van der Waals surface area contributed by atoms with Crippen LogP contribution in [0.2, 0.25) is 0 Å². The molecule has 1 amide bonds. The Hall–Kier alpha value is -1.89. The monoisotopic (exact) mass is 344 g/mol. The van der Waals surface area contributed by atoms with Crippen LogP contribution in [0.1, 0.15) is 32.1 Å². The number of likely N-dealkylation sites (N-methyl/N-ethyl adjacent to an activating group) is 1. The molecule has 7 heteroatoms. The van der Waals surface area contributed by atoms with E-state index in [0.29, 0.717) is 18.3 Å². The maximum Gasteiger partial charge on any atom is 0.222 e. The van der Waals surface area contributed by atoms with Crippen molar-refractivity contribution in [3.8, 4) is 0 Å². The molecule has 0 aromatic carbocycles. The number of nitrogens with two attached hydrogens (primary N) is 1. The molecule has 2 N–H and O–H groups in total. The highest BCUT2D eigenvalue weighted by molar-refractivity contribution is 5.76. The highest BCUT2D eigenvalue weighted by Crippen LogP contribution is 2.35. The van der Waals surface area contributed by atoms with Crippen LogP contribution in [-0.4, -0.2) is 71.0 Å². The summed E-state index contributed by atoms with van der Waals surface area (Å²) in [5, 5.41) is 0. The molecule has 2 saturated heterocycles. The van der Waals surface area contributed by atoms with Crippen LogP contribution in [0.5, 0.6) is 0 Å². The molecule has 1 aromatic rings. The Morgan fingerprint density at radius 2 is 2.12 bits per heavy atom. The molecular formula is C18H28N6O. The predicted molar refractivity (Wildman–Crippen MR) is 97.2 cm³/mol. The van der Waals surface area contributed by atoms with Gasteiger partial charge in [-0.25, -0.2) is 4.98 Å². The molecule has 3 fully saturated rings. The third kappa shape index (κ3) is 3.42. The highest BCUT2D eigenvalue weighted by Gasteiger charge is 2.43. The van der Waals surface area contributed by atoms with E-state index in [0.717, 1.165) is 57.3 Å². The molecule has 0 bridgehead atoms. The second-order valence-electron chi connectivity index (χ2n) is 7.87. The summed E-state index contributed by atoms with van der Waals surface area (Å²) in [7, 11) is 2.20. The molecule has 0 unspecified atom stereocenters. The maximum absolute atomic E-state index is 12.6. The van der Waals surface area contributed by atoms with Crippen LogP contribution >= 0.6 is 0 Å². The van der Waals surface area contributed by atoms with Crippen LogP contribution in [0, 0.1) is 5.92 Å². The molecule has 1 atom stereocenters. The number of hydrogen-bond acceptors (Lipinski definition) is 6. The molecule has 25 heavy (non-hydrogen) atoms. The van der Waals surface area contributed by atoms with Crippen LogP contribution < -0.4 is 10.6 Å². The number of nitrogen functional groups attached to an aromatic ring is 1. The van der Waals surface area contributed by atoms with Crippen LogP contribution in [-0.2, 0) is 4.79 Å². The van der Waals surface area contributed by atoms with Gasteiger partial charge >= 0.3 is 0 Å². The summed E-state index contributed by atoms with van der Waals surface area (Å²) in [5.41, 5.74) is 5.80. The summed E-state index contributed by atoms with van der Waals surface area (Å²) >= 11 is 0. The lowest BCUT2D eigenvalue weighted by Gasteiger charge is -2.49. The first kappa shape index (κ1) is 16.6. The van der Waals surface area contributed by atoms with E-state index in [1.807, 2.05) is 6.07 Å². The van der Waals surface area contributed by atoms with Crippen LogP contribution in [0.15, 0.2) is 12.3 Å². The summed E-state index contributed by atoms with van der Waals surface area (Å²) in [6.45, 7) is 4.63. The van der Waals surface area contributed by atoms with Crippen molar-refractivity contribution < 1.29 is 4.79 Å². The van der Waals surface area contributed by atoms with Gasteiger partial charge in [-0.15, -0.1) is 0 Å². The van der Waals surface area contributed by atoms with Gasteiger partial charge in [-0.1, -0.05) is 0 Å². The van der Waals surface area contributed by atoms with E-state index in [2.05, 4.69) is 31.7 Å². The van der Waals surface area contributed by atoms with Crippen molar-refractivity contribution in [3.05, 3.63) is 12.3 Å². The van der Waals surface area contributed by atoms with Crippen molar-refractivity contribution in [1.82, 2.24) is 19.8 Å². The lowest BCUT2D eigenvalue weighted by atomic mass is 9.86. The molecule has 3 aliphatic rings. The smallest absolute Gasteiger partial charge is 0.222 e. The Bertz CT molecular complexity index is 648. The molecule has 1 aromatic heterocycles. The lowest BCUT2D eigenvalue weighted by molar-refractivity contribution is -0.130. The average molecular weight is 344 g/mol. The number of nitrogens with zero attached hydrogens (tertiary/aromatic N) is 5. The van der Waals surface area contributed by atoms with Gasteiger partial charge in [0.25, 0.3) is 0 Å². The van der Waals surface area contributed by atoms with Crippen molar-refractivity contribution in [2.45, 2.75) is 37.6 Å². The first-order valence-corrected chi connectivity index (χ1v) is 9.38. The minimum absolute atomic E-state index is 0.0337. The van der Waals surface area contributed by atoms with Gasteiger partial charge in [0.2, 0.25) is 11.9 Å². The van der Waals surface area contributed by atoms with E-state index < -0.39 is 0 Å². The van der Waals surface area contributed by atoms with Crippen molar-refractivity contribution >= 4 is 17.7 Å². The maximum atomic E-state index is 12.6. The van der Waals surface area contributed by atoms with Gasteiger partial charge in [0, 0.05) is 50.9 Å². The van der Waals surface area contributed by atoms with Crippen LogP contribution in [0.3, 0.4) is 0 Å². The van der Waals surface area contributed by atoms with E-state index in [1.165, 1.54) is 12.8 Å². The van der Waals surface area contributed by atoms with Gasteiger partial charge < -0.3 is 15.5 Å². The second-order valence-corrected chi connectivity index (χ2v) is 7.87. The van der Waals surface area contributed by atoms with Gasteiger partial charge in [-0.2, -0.15) is 4.98 Å². The fourth-order valence-electron chi connectivity index (χ4n) is 4.23. The number of aromatic nitrogens is 2. The minimum Gasteiger partial charge on any atom is -0.368 e. The van der Waals surface area contributed by atoms with Crippen molar-refractivity contribution in [3.63, 3.8) is 0 Å². The molecule has 136 valence electrons. The third-order valence-electron chi connectivity index (χ3n) is 6.16. The first-order valence-electron chi connectivity index (χ1n) is 9.38. The lowest BCUT2D eigenvalue weighted by Crippen LogP contribution is -2.61. The molecule has 1 saturated carbocycles. The first-order chi connectivity index (χ1) is 12.1. The SMILES string of the molecule is CN1CCN(c2ccnc(N)n2)C[C@]12CCC(=O)N(CC1CC1)CC2. The molecule has 2 aliphatic heterocycles. The van der Waals surface area contributed by atoms with E-state index >= 15 is 0 Å². The van der Waals surface area contributed by atoms with E-state index in [4.69, 9.17) is 5.73 Å². The Kier molecular flexibility index (Phi) is 4.27.